The van der Waals surface area contributed by atoms with E-state index < -0.39 is 5.97 Å². The molecular formula is C15H19NO3. The van der Waals surface area contributed by atoms with Crippen molar-refractivity contribution in [2.75, 3.05) is 24.6 Å². The third-order valence-electron chi connectivity index (χ3n) is 3.22. The van der Waals surface area contributed by atoms with E-state index in [4.69, 9.17) is 4.74 Å². The molecule has 0 atom stereocenters. The molecule has 0 bridgehead atoms. The Morgan fingerprint density at radius 1 is 1.32 bits per heavy atom. The summed E-state index contributed by atoms with van der Waals surface area (Å²) in [5.41, 5.74) is 2.39. The van der Waals surface area contributed by atoms with Gasteiger partial charge in [0.1, 0.15) is 6.42 Å². The van der Waals surface area contributed by atoms with E-state index in [2.05, 4.69) is 11.0 Å². The summed E-state index contributed by atoms with van der Waals surface area (Å²) < 4.78 is 4.79. The van der Waals surface area contributed by atoms with Crippen LogP contribution in [-0.4, -0.2) is 31.4 Å². The summed E-state index contributed by atoms with van der Waals surface area (Å²) in [7, 11) is 0. The molecule has 102 valence electrons. The number of hydrogen-bond donors (Lipinski definition) is 0. The van der Waals surface area contributed by atoms with Gasteiger partial charge in [0.25, 0.3) is 0 Å². The average molecular weight is 261 g/mol. The van der Waals surface area contributed by atoms with Crippen LogP contribution >= 0.6 is 0 Å². The molecule has 0 saturated heterocycles. The fraction of sp³-hybridized carbons (Fsp3) is 0.467. The van der Waals surface area contributed by atoms with Crippen molar-refractivity contribution in [3.05, 3.63) is 29.8 Å². The highest BCUT2D eigenvalue weighted by molar-refractivity contribution is 5.98. The van der Waals surface area contributed by atoms with E-state index in [9.17, 15) is 9.59 Å². The summed E-state index contributed by atoms with van der Waals surface area (Å²) in [4.78, 5) is 25.2. The zero-order chi connectivity index (χ0) is 13.7. The van der Waals surface area contributed by atoms with Gasteiger partial charge in [0, 0.05) is 12.2 Å². The number of ketones is 1. The van der Waals surface area contributed by atoms with Gasteiger partial charge < -0.3 is 9.64 Å². The molecule has 0 amide bonds. The quantitative estimate of drug-likeness (QED) is 0.600. The maximum atomic E-state index is 11.9. The predicted octanol–water partition coefficient (Wildman–Crippen LogP) is 1.96. The number of esters is 1. The number of benzene rings is 1. The van der Waals surface area contributed by atoms with Crippen LogP contribution in [0.3, 0.4) is 0 Å². The Labute approximate surface area is 113 Å². The maximum Gasteiger partial charge on any atom is 0.313 e. The van der Waals surface area contributed by atoms with Crippen LogP contribution in [0, 0.1) is 0 Å². The summed E-state index contributed by atoms with van der Waals surface area (Å²) in [6.07, 6.45) is 1.97. The van der Waals surface area contributed by atoms with E-state index in [1.54, 1.807) is 6.92 Å². The second-order valence-electron chi connectivity index (χ2n) is 4.67. The molecule has 1 aliphatic rings. The van der Waals surface area contributed by atoms with Crippen molar-refractivity contribution in [2.45, 2.75) is 26.2 Å². The number of rotatable bonds is 5. The monoisotopic (exact) mass is 261 g/mol. The van der Waals surface area contributed by atoms with Crippen molar-refractivity contribution in [3.63, 3.8) is 0 Å². The third-order valence-corrected chi connectivity index (χ3v) is 3.22. The number of carbonyl (C=O) groups is 2. The molecule has 19 heavy (non-hydrogen) atoms. The number of carbonyl (C=O) groups excluding carboxylic acids is 2. The number of nitrogens with zero attached hydrogens (tertiary/aromatic N) is 1. The van der Waals surface area contributed by atoms with Gasteiger partial charge in [-0.1, -0.05) is 18.2 Å². The van der Waals surface area contributed by atoms with Gasteiger partial charge in [-0.25, -0.2) is 0 Å². The summed E-state index contributed by atoms with van der Waals surface area (Å²) >= 11 is 0. The Kier molecular flexibility index (Phi) is 4.55. The van der Waals surface area contributed by atoms with Crippen molar-refractivity contribution in [3.8, 4) is 0 Å². The van der Waals surface area contributed by atoms with E-state index in [-0.39, 0.29) is 18.7 Å². The van der Waals surface area contributed by atoms with Gasteiger partial charge in [0.2, 0.25) is 0 Å². The minimum absolute atomic E-state index is 0.0878. The second kappa shape index (κ2) is 6.36. The molecule has 1 aliphatic heterocycles. The Morgan fingerprint density at radius 2 is 2.11 bits per heavy atom. The van der Waals surface area contributed by atoms with E-state index in [0.717, 1.165) is 25.1 Å². The number of aryl methyl sites for hydroxylation is 1. The van der Waals surface area contributed by atoms with Crippen LogP contribution in [0.2, 0.25) is 0 Å². The van der Waals surface area contributed by atoms with E-state index in [1.165, 1.54) is 5.56 Å². The summed E-state index contributed by atoms with van der Waals surface area (Å²) in [6, 6.07) is 8.12. The van der Waals surface area contributed by atoms with Crippen LogP contribution in [0.1, 0.15) is 25.3 Å². The summed E-state index contributed by atoms with van der Waals surface area (Å²) in [5.74, 6) is -0.520. The van der Waals surface area contributed by atoms with Gasteiger partial charge in [-0.15, -0.1) is 0 Å². The second-order valence-corrected chi connectivity index (χ2v) is 4.67. The van der Waals surface area contributed by atoms with Crippen molar-refractivity contribution in [1.29, 1.82) is 0 Å². The third kappa shape index (κ3) is 3.56. The van der Waals surface area contributed by atoms with Gasteiger partial charge >= 0.3 is 5.97 Å². The number of fused-ring (bicyclic) bond motifs is 1. The zero-order valence-corrected chi connectivity index (χ0v) is 11.2. The number of hydrogen-bond acceptors (Lipinski definition) is 4. The molecule has 0 aliphatic carbocycles. The normalized spacial score (nSPS) is 13.8. The number of anilines is 1. The smallest absolute Gasteiger partial charge is 0.313 e. The topological polar surface area (TPSA) is 46.6 Å². The van der Waals surface area contributed by atoms with Crippen LogP contribution in [0.15, 0.2) is 24.3 Å². The summed E-state index contributed by atoms with van der Waals surface area (Å²) in [6.45, 7) is 3.21. The predicted molar refractivity (Wildman–Crippen MR) is 73.2 cm³/mol. The first kappa shape index (κ1) is 13.6. The van der Waals surface area contributed by atoms with Crippen molar-refractivity contribution in [1.82, 2.24) is 0 Å². The zero-order valence-electron chi connectivity index (χ0n) is 11.2. The molecule has 0 spiro atoms. The molecule has 0 saturated carbocycles. The van der Waals surface area contributed by atoms with Gasteiger partial charge in [-0.2, -0.15) is 0 Å². The lowest BCUT2D eigenvalue weighted by molar-refractivity contribution is -0.145. The molecule has 1 heterocycles. The van der Waals surface area contributed by atoms with Gasteiger partial charge in [-0.05, 0) is 31.4 Å². The van der Waals surface area contributed by atoms with Gasteiger partial charge in [0.15, 0.2) is 5.78 Å². The minimum atomic E-state index is -0.433. The minimum Gasteiger partial charge on any atom is -0.466 e. The highest BCUT2D eigenvalue weighted by Crippen LogP contribution is 2.26. The standard InChI is InChI=1S/C15H19NO3/c1-2-19-15(18)10-13(17)11-16-9-5-7-12-6-3-4-8-14(12)16/h3-4,6,8H,2,5,7,9-11H2,1H3. The summed E-state index contributed by atoms with van der Waals surface area (Å²) in [5, 5.41) is 0. The van der Waals surface area contributed by atoms with Crippen LogP contribution in [0.25, 0.3) is 0 Å². The average Bonchev–Trinajstić information content (AvgIpc) is 2.39. The molecule has 4 heteroatoms. The molecule has 1 aromatic rings. The first-order valence-electron chi connectivity index (χ1n) is 6.71. The van der Waals surface area contributed by atoms with Crippen molar-refractivity contribution < 1.29 is 14.3 Å². The highest BCUT2D eigenvalue weighted by atomic mass is 16.5. The van der Waals surface area contributed by atoms with Crippen LogP contribution < -0.4 is 4.90 Å². The van der Waals surface area contributed by atoms with Gasteiger partial charge in [0.05, 0.1) is 13.2 Å². The van der Waals surface area contributed by atoms with Crippen LogP contribution in [0.4, 0.5) is 5.69 Å². The van der Waals surface area contributed by atoms with Crippen LogP contribution in [0.5, 0.6) is 0 Å². The molecular weight excluding hydrogens is 242 g/mol. The molecule has 0 fully saturated rings. The lowest BCUT2D eigenvalue weighted by Crippen LogP contribution is -2.35. The first-order chi connectivity index (χ1) is 9.20. The van der Waals surface area contributed by atoms with Crippen LogP contribution in [-0.2, 0) is 20.7 Å². The fourth-order valence-electron chi connectivity index (χ4n) is 2.42. The molecule has 2 rings (SSSR count). The van der Waals surface area contributed by atoms with Crippen molar-refractivity contribution >= 4 is 17.4 Å². The van der Waals surface area contributed by atoms with E-state index >= 15 is 0 Å². The molecule has 0 aromatic heterocycles. The molecule has 0 N–H and O–H groups in total. The lowest BCUT2D eigenvalue weighted by Gasteiger charge is -2.30. The Hall–Kier alpha value is -1.84. The number of Topliss-reactive ketones (excluding diaryl/α,β-unsaturated/α-hetero) is 1. The molecule has 0 radical (unpaired) electrons. The molecule has 4 nitrogen and oxygen atoms in total. The maximum absolute atomic E-state index is 11.9. The fourth-order valence-corrected chi connectivity index (χ4v) is 2.42. The largest absolute Gasteiger partial charge is 0.466 e. The highest BCUT2D eigenvalue weighted by Gasteiger charge is 2.20. The Bertz CT molecular complexity index is 470. The van der Waals surface area contributed by atoms with E-state index in [1.807, 2.05) is 18.2 Å². The SMILES string of the molecule is CCOC(=O)CC(=O)CN1CCCc2ccccc21. The lowest BCUT2D eigenvalue weighted by atomic mass is 10.0. The van der Waals surface area contributed by atoms with E-state index in [0.29, 0.717) is 6.61 Å². The van der Waals surface area contributed by atoms with Crippen molar-refractivity contribution in [2.24, 2.45) is 0 Å². The first-order valence-corrected chi connectivity index (χ1v) is 6.71. The Morgan fingerprint density at radius 3 is 2.89 bits per heavy atom. The Balaban J connectivity index is 1.97. The molecule has 0 unspecified atom stereocenters. The number of para-hydroxylation sites is 1. The number of ether oxygens (including phenoxy) is 1. The molecule has 1 aromatic carbocycles. The van der Waals surface area contributed by atoms with Gasteiger partial charge in [-0.3, -0.25) is 9.59 Å².